The van der Waals surface area contributed by atoms with Crippen LogP contribution < -0.4 is 18.9 Å². The molecule has 0 aliphatic carbocycles. The number of hydrogen-bond acceptors (Lipinski definition) is 7. The van der Waals surface area contributed by atoms with Crippen LogP contribution in [0.15, 0.2) is 47.4 Å². The number of nitrogens with one attached hydrogen (secondary N) is 1. The standard InChI is InChI=1S/C22H27NO7S/c1-15(2)30-18-9-6-16(7-10-18)14-23-31(25,26)20-13-17(8-11-21(24)28-4)12-19(27-3)22(20)29-5/h6-13,15,23H,14H2,1-5H3/b11-8+. The van der Waals surface area contributed by atoms with Gasteiger partial charge in [0.05, 0.1) is 27.4 Å². The van der Waals surface area contributed by atoms with E-state index in [1.807, 2.05) is 13.8 Å². The molecule has 0 unspecified atom stereocenters. The van der Waals surface area contributed by atoms with Crippen LogP contribution in [0, 0.1) is 0 Å². The van der Waals surface area contributed by atoms with E-state index in [4.69, 9.17) is 14.2 Å². The molecular weight excluding hydrogens is 422 g/mol. The lowest BCUT2D eigenvalue weighted by Gasteiger charge is -2.15. The summed E-state index contributed by atoms with van der Waals surface area (Å²) >= 11 is 0. The summed E-state index contributed by atoms with van der Waals surface area (Å²) in [5.41, 5.74) is 1.19. The smallest absolute Gasteiger partial charge is 0.330 e. The van der Waals surface area contributed by atoms with E-state index in [9.17, 15) is 13.2 Å². The zero-order valence-electron chi connectivity index (χ0n) is 18.2. The number of esters is 1. The van der Waals surface area contributed by atoms with Gasteiger partial charge in [0.2, 0.25) is 10.0 Å². The molecule has 2 aromatic rings. The van der Waals surface area contributed by atoms with Crippen molar-refractivity contribution in [3.05, 3.63) is 53.6 Å². The summed E-state index contributed by atoms with van der Waals surface area (Å²) in [7, 11) is 0.0412. The minimum Gasteiger partial charge on any atom is -0.493 e. The number of sulfonamides is 1. The second-order valence-corrected chi connectivity index (χ2v) is 8.48. The maximum atomic E-state index is 13.0. The van der Waals surface area contributed by atoms with Crippen LogP contribution in [0.25, 0.3) is 6.08 Å². The highest BCUT2D eigenvalue weighted by Crippen LogP contribution is 2.36. The van der Waals surface area contributed by atoms with E-state index in [-0.39, 0.29) is 29.0 Å². The van der Waals surface area contributed by atoms with Crippen LogP contribution >= 0.6 is 0 Å². The summed E-state index contributed by atoms with van der Waals surface area (Å²) in [5.74, 6) is 0.413. The average Bonchev–Trinajstić information content (AvgIpc) is 2.75. The van der Waals surface area contributed by atoms with Crippen molar-refractivity contribution >= 4 is 22.1 Å². The Kier molecular flexibility index (Phi) is 8.47. The van der Waals surface area contributed by atoms with E-state index in [1.54, 1.807) is 30.3 Å². The first-order valence-corrected chi connectivity index (χ1v) is 11.0. The van der Waals surface area contributed by atoms with Gasteiger partial charge in [0.1, 0.15) is 10.6 Å². The quantitative estimate of drug-likeness (QED) is 0.439. The second-order valence-electron chi connectivity index (χ2n) is 6.75. The minimum atomic E-state index is -3.97. The molecule has 8 nitrogen and oxygen atoms in total. The Bertz CT molecular complexity index is 1030. The first kappa shape index (κ1) is 24.2. The van der Waals surface area contributed by atoms with Crippen molar-refractivity contribution in [2.24, 2.45) is 0 Å². The molecule has 0 bridgehead atoms. The van der Waals surface area contributed by atoms with E-state index in [0.717, 1.165) is 5.56 Å². The molecule has 168 valence electrons. The van der Waals surface area contributed by atoms with Crippen LogP contribution in [0.2, 0.25) is 0 Å². The van der Waals surface area contributed by atoms with Gasteiger partial charge in [-0.2, -0.15) is 0 Å². The summed E-state index contributed by atoms with van der Waals surface area (Å²) in [6.45, 7) is 3.92. The fourth-order valence-electron chi connectivity index (χ4n) is 2.69. The predicted molar refractivity (Wildman–Crippen MR) is 117 cm³/mol. The van der Waals surface area contributed by atoms with Crippen LogP contribution in [0.5, 0.6) is 17.2 Å². The largest absolute Gasteiger partial charge is 0.493 e. The van der Waals surface area contributed by atoms with Gasteiger partial charge < -0.3 is 18.9 Å². The molecule has 0 aromatic heterocycles. The number of rotatable bonds is 10. The van der Waals surface area contributed by atoms with Crippen molar-refractivity contribution in [2.75, 3.05) is 21.3 Å². The Morgan fingerprint density at radius 1 is 1.06 bits per heavy atom. The fraction of sp³-hybridized carbons (Fsp3) is 0.318. The monoisotopic (exact) mass is 449 g/mol. The molecule has 2 aromatic carbocycles. The molecule has 2 rings (SSSR count). The third-order valence-electron chi connectivity index (χ3n) is 4.13. The summed E-state index contributed by atoms with van der Waals surface area (Å²) in [6, 6.07) is 10.1. The van der Waals surface area contributed by atoms with Gasteiger partial charge in [0.25, 0.3) is 0 Å². The Morgan fingerprint density at radius 3 is 2.29 bits per heavy atom. The number of benzene rings is 2. The summed E-state index contributed by atoms with van der Waals surface area (Å²) in [6.07, 6.45) is 2.67. The molecule has 0 heterocycles. The molecule has 0 amide bonds. The Hall–Kier alpha value is -3.04. The zero-order chi connectivity index (χ0) is 23.0. The summed E-state index contributed by atoms with van der Waals surface area (Å²) in [4.78, 5) is 11.3. The molecule has 0 fully saturated rings. The van der Waals surface area contributed by atoms with Crippen molar-refractivity contribution in [2.45, 2.75) is 31.4 Å². The molecule has 0 saturated carbocycles. The number of methoxy groups -OCH3 is 3. The fourth-order valence-corrected chi connectivity index (χ4v) is 3.92. The van der Waals surface area contributed by atoms with E-state index >= 15 is 0 Å². The van der Waals surface area contributed by atoms with Gasteiger partial charge in [-0.1, -0.05) is 12.1 Å². The first-order valence-electron chi connectivity index (χ1n) is 9.47. The van der Waals surface area contributed by atoms with Gasteiger partial charge >= 0.3 is 5.97 Å². The average molecular weight is 450 g/mol. The van der Waals surface area contributed by atoms with Crippen LogP contribution in [0.3, 0.4) is 0 Å². The molecule has 9 heteroatoms. The van der Waals surface area contributed by atoms with Gasteiger partial charge in [-0.3, -0.25) is 0 Å². The molecule has 0 aliphatic heterocycles. The molecule has 0 atom stereocenters. The van der Waals surface area contributed by atoms with Gasteiger partial charge in [-0.15, -0.1) is 0 Å². The van der Waals surface area contributed by atoms with Gasteiger partial charge in [0, 0.05) is 12.6 Å². The minimum absolute atomic E-state index is 0.0484. The number of carbonyl (C=O) groups is 1. The Balaban J connectivity index is 2.31. The molecule has 0 saturated heterocycles. The number of carbonyl (C=O) groups excluding carboxylic acids is 1. The first-order chi connectivity index (χ1) is 14.7. The van der Waals surface area contributed by atoms with Crippen molar-refractivity contribution in [3.63, 3.8) is 0 Å². The van der Waals surface area contributed by atoms with Crippen LogP contribution in [-0.2, 0) is 26.1 Å². The van der Waals surface area contributed by atoms with Gasteiger partial charge in [0.15, 0.2) is 11.5 Å². The highest BCUT2D eigenvalue weighted by atomic mass is 32.2. The highest BCUT2D eigenvalue weighted by Gasteiger charge is 2.23. The van der Waals surface area contributed by atoms with Crippen molar-refractivity contribution in [1.82, 2.24) is 4.72 Å². The summed E-state index contributed by atoms with van der Waals surface area (Å²) < 4.78 is 49.3. The molecule has 0 aliphatic rings. The third-order valence-corrected chi connectivity index (χ3v) is 5.54. The van der Waals surface area contributed by atoms with Gasteiger partial charge in [-0.05, 0) is 55.3 Å². The van der Waals surface area contributed by atoms with E-state index in [1.165, 1.54) is 39.5 Å². The zero-order valence-corrected chi connectivity index (χ0v) is 19.0. The molecule has 31 heavy (non-hydrogen) atoms. The normalized spacial score (nSPS) is 11.5. The lowest BCUT2D eigenvalue weighted by atomic mass is 10.2. The molecular formula is C22H27NO7S. The van der Waals surface area contributed by atoms with Crippen molar-refractivity contribution < 1.29 is 32.2 Å². The molecule has 0 spiro atoms. The Labute approximate surface area is 182 Å². The lowest BCUT2D eigenvalue weighted by molar-refractivity contribution is -0.134. The van der Waals surface area contributed by atoms with Crippen LogP contribution in [0.4, 0.5) is 0 Å². The van der Waals surface area contributed by atoms with Crippen LogP contribution in [-0.4, -0.2) is 41.8 Å². The van der Waals surface area contributed by atoms with E-state index in [0.29, 0.717) is 11.3 Å². The lowest BCUT2D eigenvalue weighted by Crippen LogP contribution is -2.24. The maximum Gasteiger partial charge on any atom is 0.330 e. The Morgan fingerprint density at radius 2 is 1.74 bits per heavy atom. The second kappa shape index (κ2) is 10.8. The van der Waals surface area contributed by atoms with Crippen LogP contribution in [0.1, 0.15) is 25.0 Å². The number of ether oxygens (including phenoxy) is 4. The SMILES string of the molecule is COC(=O)/C=C/c1cc(OC)c(OC)c(S(=O)(=O)NCc2ccc(OC(C)C)cc2)c1. The number of hydrogen-bond donors (Lipinski definition) is 1. The third kappa shape index (κ3) is 6.73. The van der Waals surface area contributed by atoms with E-state index < -0.39 is 16.0 Å². The molecule has 0 radical (unpaired) electrons. The topological polar surface area (TPSA) is 100 Å². The highest BCUT2D eigenvalue weighted by molar-refractivity contribution is 7.89. The maximum absolute atomic E-state index is 13.0. The van der Waals surface area contributed by atoms with Crippen molar-refractivity contribution in [3.8, 4) is 17.2 Å². The molecule has 1 N–H and O–H groups in total. The van der Waals surface area contributed by atoms with Crippen molar-refractivity contribution in [1.29, 1.82) is 0 Å². The summed E-state index contributed by atoms with van der Waals surface area (Å²) in [5, 5.41) is 0. The van der Waals surface area contributed by atoms with Gasteiger partial charge in [-0.25, -0.2) is 17.9 Å². The predicted octanol–water partition coefficient (Wildman–Crippen LogP) is 3.16. The van der Waals surface area contributed by atoms with E-state index in [2.05, 4.69) is 9.46 Å².